The first-order valence-electron chi connectivity index (χ1n) is 3.07. The van der Waals surface area contributed by atoms with Crippen molar-refractivity contribution in [2.45, 2.75) is 0 Å². The fourth-order valence-corrected chi connectivity index (χ4v) is 0.755. The molecule has 0 unspecified atom stereocenters. The Morgan fingerprint density at radius 2 is 2.09 bits per heavy atom. The maximum atomic E-state index is 8.70. The number of benzene rings is 1. The summed E-state index contributed by atoms with van der Waals surface area (Å²) in [5, 5.41) is 17.4. The molecule has 0 amide bonds. The number of hydrogen-bond acceptors (Lipinski definition) is 2. The smallest absolute Gasteiger partial charge is 0.423 e. The Morgan fingerprint density at radius 3 is 2.64 bits per heavy atom. The molecule has 1 rings (SSSR count). The van der Waals surface area contributed by atoms with Gasteiger partial charge in [0.25, 0.3) is 0 Å². The fraction of sp³-hybridized carbons (Fsp3) is 0. The Kier molecular flexibility index (Phi) is 2.26. The standard InChI is InChI=1S/C7H6BNO2/c1-9-7-4-2-3-6(5-7)8(10)11/h2-5,10-11H. The van der Waals surface area contributed by atoms with Crippen molar-refractivity contribution in [3.05, 3.63) is 35.7 Å². The first kappa shape index (κ1) is 7.80. The second kappa shape index (κ2) is 3.19. The lowest BCUT2D eigenvalue weighted by molar-refractivity contribution is 0.426. The highest BCUT2D eigenvalue weighted by Crippen LogP contribution is 2.07. The molecule has 1 aromatic carbocycles. The minimum absolute atomic E-state index is 0.346. The first-order valence-corrected chi connectivity index (χ1v) is 3.07. The summed E-state index contributed by atoms with van der Waals surface area (Å²) in [5.74, 6) is 0. The topological polar surface area (TPSA) is 44.8 Å². The van der Waals surface area contributed by atoms with Crippen molar-refractivity contribution in [2.75, 3.05) is 0 Å². The van der Waals surface area contributed by atoms with Crippen molar-refractivity contribution < 1.29 is 10.0 Å². The molecular weight excluding hydrogens is 141 g/mol. The van der Waals surface area contributed by atoms with Crippen LogP contribution < -0.4 is 5.46 Å². The molecule has 1 aromatic rings. The van der Waals surface area contributed by atoms with Crippen molar-refractivity contribution in [3.63, 3.8) is 0 Å². The van der Waals surface area contributed by atoms with Crippen molar-refractivity contribution in [1.82, 2.24) is 0 Å². The molecule has 0 aromatic heterocycles. The van der Waals surface area contributed by atoms with Crippen LogP contribution in [0.4, 0.5) is 5.69 Å². The van der Waals surface area contributed by atoms with E-state index in [1.54, 1.807) is 18.2 Å². The van der Waals surface area contributed by atoms with Gasteiger partial charge in [0, 0.05) is 0 Å². The predicted molar refractivity (Wildman–Crippen MR) is 42.5 cm³/mol. The van der Waals surface area contributed by atoms with E-state index in [0.29, 0.717) is 11.2 Å². The highest BCUT2D eigenvalue weighted by atomic mass is 16.4. The third-order valence-corrected chi connectivity index (χ3v) is 1.30. The Hall–Kier alpha value is -1.31. The molecule has 0 radical (unpaired) electrons. The molecule has 0 bridgehead atoms. The van der Waals surface area contributed by atoms with Gasteiger partial charge in [0.05, 0.1) is 6.57 Å². The monoisotopic (exact) mass is 147 g/mol. The Morgan fingerprint density at radius 1 is 1.36 bits per heavy atom. The van der Waals surface area contributed by atoms with Gasteiger partial charge in [-0.3, -0.25) is 0 Å². The minimum Gasteiger partial charge on any atom is -0.423 e. The third kappa shape index (κ3) is 1.80. The number of rotatable bonds is 1. The van der Waals surface area contributed by atoms with E-state index in [2.05, 4.69) is 4.85 Å². The lowest BCUT2D eigenvalue weighted by Crippen LogP contribution is -2.29. The summed E-state index contributed by atoms with van der Waals surface area (Å²) in [6, 6.07) is 6.22. The summed E-state index contributed by atoms with van der Waals surface area (Å²) in [6.07, 6.45) is 0. The molecule has 0 spiro atoms. The molecule has 0 aliphatic carbocycles. The van der Waals surface area contributed by atoms with Crippen LogP contribution in [0.5, 0.6) is 0 Å². The van der Waals surface area contributed by atoms with Crippen LogP contribution in [-0.2, 0) is 0 Å². The third-order valence-electron chi connectivity index (χ3n) is 1.30. The fourth-order valence-electron chi connectivity index (χ4n) is 0.755. The maximum Gasteiger partial charge on any atom is 0.487 e. The molecule has 54 valence electrons. The summed E-state index contributed by atoms with van der Waals surface area (Å²) in [7, 11) is -1.49. The van der Waals surface area contributed by atoms with Gasteiger partial charge in [-0.2, -0.15) is 0 Å². The van der Waals surface area contributed by atoms with Gasteiger partial charge < -0.3 is 10.0 Å². The van der Waals surface area contributed by atoms with Crippen LogP contribution in [0.25, 0.3) is 4.85 Å². The van der Waals surface area contributed by atoms with Gasteiger partial charge in [0.2, 0.25) is 0 Å². The van der Waals surface area contributed by atoms with Gasteiger partial charge in [-0.1, -0.05) is 24.3 Å². The second-order valence-corrected chi connectivity index (χ2v) is 2.08. The predicted octanol–water partition coefficient (Wildman–Crippen LogP) is -0.0828. The van der Waals surface area contributed by atoms with E-state index >= 15 is 0 Å². The van der Waals surface area contributed by atoms with Crippen molar-refractivity contribution in [3.8, 4) is 0 Å². The van der Waals surface area contributed by atoms with Gasteiger partial charge in [-0.15, -0.1) is 0 Å². The first-order chi connectivity index (χ1) is 5.24. The van der Waals surface area contributed by atoms with E-state index in [9.17, 15) is 0 Å². The van der Waals surface area contributed by atoms with E-state index < -0.39 is 7.12 Å². The van der Waals surface area contributed by atoms with Gasteiger partial charge in [-0.05, 0) is 5.46 Å². The van der Waals surface area contributed by atoms with Crippen LogP contribution >= 0.6 is 0 Å². The maximum absolute atomic E-state index is 8.70. The molecule has 0 heterocycles. The van der Waals surface area contributed by atoms with E-state index in [4.69, 9.17) is 16.6 Å². The largest absolute Gasteiger partial charge is 0.487 e. The van der Waals surface area contributed by atoms with E-state index in [-0.39, 0.29) is 0 Å². The molecule has 0 saturated carbocycles. The molecule has 0 fully saturated rings. The Labute approximate surface area is 64.9 Å². The zero-order chi connectivity index (χ0) is 8.27. The summed E-state index contributed by atoms with van der Waals surface area (Å²) in [4.78, 5) is 3.14. The van der Waals surface area contributed by atoms with E-state index in [1.165, 1.54) is 6.07 Å². The molecule has 2 N–H and O–H groups in total. The summed E-state index contributed by atoms with van der Waals surface area (Å²) in [6.45, 7) is 6.64. The van der Waals surface area contributed by atoms with E-state index in [0.717, 1.165) is 0 Å². The molecule has 3 nitrogen and oxygen atoms in total. The average molecular weight is 147 g/mol. The summed E-state index contributed by atoms with van der Waals surface area (Å²) in [5.41, 5.74) is 0.758. The van der Waals surface area contributed by atoms with Gasteiger partial charge in [0.1, 0.15) is 0 Å². The second-order valence-electron chi connectivity index (χ2n) is 2.08. The van der Waals surface area contributed by atoms with Crippen LogP contribution in [-0.4, -0.2) is 17.2 Å². The molecule has 0 aliphatic heterocycles. The Balaban J connectivity index is 3.03. The minimum atomic E-state index is -1.49. The van der Waals surface area contributed by atoms with Crippen molar-refractivity contribution in [1.29, 1.82) is 0 Å². The van der Waals surface area contributed by atoms with Gasteiger partial charge >= 0.3 is 7.12 Å². The zero-order valence-electron chi connectivity index (χ0n) is 5.73. The van der Waals surface area contributed by atoms with Gasteiger partial charge in [-0.25, -0.2) is 4.85 Å². The van der Waals surface area contributed by atoms with Crippen molar-refractivity contribution in [2.24, 2.45) is 0 Å². The highest BCUT2D eigenvalue weighted by molar-refractivity contribution is 6.58. The lowest BCUT2D eigenvalue weighted by Gasteiger charge is -1.97. The quantitative estimate of drug-likeness (QED) is 0.430. The van der Waals surface area contributed by atoms with Crippen LogP contribution in [0.1, 0.15) is 0 Å². The molecule has 11 heavy (non-hydrogen) atoms. The normalized spacial score (nSPS) is 8.82. The van der Waals surface area contributed by atoms with Crippen LogP contribution in [0.15, 0.2) is 24.3 Å². The Bertz CT molecular complexity index is 293. The van der Waals surface area contributed by atoms with Crippen molar-refractivity contribution >= 4 is 18.3 Å². The highest BCUT2D eigenvalue weighted by Gasteiger charge is 2.09. The molecule has 4 heteroatoms. The van der Waals surface area contributed by atoms with Crippen LogP contribution in [0.3, 0.4) is 0 Å². The van der Waals surface area contributed by atoms with E-state index in [1.807, 2.05) is 0 Å². The van der Waals surface area contributed by atoms with Crippen LogP contribution in [0.2, 0.25) is 0 Å². The molecule has 0 saturated heterocycles. The molecule has 0 atom stereocenters. The average Bonchev–Trinajstić information content (AvgIpc) is 2.05. The summed E-state index contributed by atoms with van der Waals surface area (Å²) >= 11 is 0. The summed E-state index contributed by atoms with van der Waals surface area (Å²) < 4.78 is 0. The van der Waals surface area contributed by atoms with Crippen LogP contribution in [0, 0.1) is 6.57 Å². The SMILES string of the molecule is [C-]#[N+]c1cccc(B(O)O)c1. The molecular formula is C7H6BNO2. The number of hydrogen-bond donors (Lipinski definition) is 2. The number of nitrogens with zero attached hydrogens (tertiary/aromatic N) is 1. The molecule has 0 aliphatic rings. The lowest BCUT2D eigenvalue weighted by atomic mass is 9.80. The zero-order valence-corrected chi connectivity index (χ0v) is 5.73. The van der Waals surface area contributed by atoms with Gasteiger partial charge in [0.15, 0.2) is 5.69 Å².